The van der Waals surface area contributed by atoms with E-state index in [2.05, 4.69) is 22.8 Å². The van der Waals surface area contributed by atoms with Crippen LogP contribution >= 0.6 is 11.8 Å². The van der Waals surface area contributed by atoms with Crippen molar-refractivity contribution < 1.29 is 9.59 Å². The van der Waals surface area contributed by atoms with Gasteiger partial charge in [-0.3, -0.25) is 9.59 Å². The molecule has 130 valence electrons. The molecule has 0 aliphatic carbocycles. The average Bonchev–Trinajstić information content (AvgIpc) is 3.27. The maximum absolute atomic E-state index is 12.4. The van der Waals surface area contributed by atoms with E-state index in [0.29, 0.717) is 13.0 Å². The van der Waals surface area contributed by atoms with Gasteiger partial charge in [0.25, 0.3) is 0 Å². The minimum atomic E-state index is -0.106. The quantitative estimate of drug-likeness (QED) is 0.813. The van der Waals surface area contributed by atoms with Gasteiger partial charge in [-0.2, -0.15) is 0 Å². The molecular formula is C18H25N3O2S. The third-order valence-corrected chi connectivity index (χ3v) is 5.60. The zero-order valence-electron chi connectivity index (χ0n) is 13.9. The van der Waals surface area contributed by atoms with Crippen LogP contribution in [0.15, 0.2) is 30.3 Å². The third kappa shape index (κ3) is 4.74. The number of hydrogen-bond donors (Lipinski definition) is 2. The van der Waals surface area contributed by atoms with E-state index in [4.69, 9.17) is 0 Å². The van der Waals surface area contributed by atoms with Gasteiger partial charge in [-0.05, 0) is 30.9 Å². The van der Waals surface area contributed by atoms with Crippen molar-refractivity contribution in [2.24, 2.45) is 5.92 Å². The summed E-state index contributed by atoms with van der Waals surface area (Å²) in [6.45, 7) is 2.27. The summed E-state index contributed by atoms with van der Waals surface area (Å²) in [5.41, 5.74) is 1.23. The van der Waals surface area contributed by atoms with Gasteiger partial charge in [-0.25, -0.2) is 0 Å². The molecule has 2 amide bonds. The minimum absolute atomic E-state index is 0.0857. The van der Waals surface area contributed by atoms with Crippen molar-refractivity contribution >= 4 is 23.6 Å². The molecule has 2 atom stereocenters. The average molecular weight is 347 g/mol. The Balaban J connectivity index is 1.35. The SMILES string of the molecule is O=C(CC1CNC(C(=O)N2CCSC2)C1)NCCc1ccccc1. The summed E-state index contributed by atoms with van der Waals surface area (Å²) < 4.78 is 0. The number of benzene rings is 1. The Morgan fingerprint density at radius 3 is 2.88 bits per heavy atom. The Hall–Kier alpha value is -1.53. The highest BCUT2D eigenvalue weighted by Crippen LogP contribution is 2.22. The number of carbonyl (C=O) groups is 2. The Morgan fingerprint density at radius 2 is 2.12 bits per heavy atom. The van der Waals surface area contributed by atoms with Crippen LogP contribution in [0.5, 0.6) is 0 Å². The van der Waals surface area contributed by atoms with Gasteiger partial charge in [0.1, 0.15) is 0 Å². The summed E-state index contributed by atoms with van der Waals surface area (Å²) in [6.07, 6.45) is 2.12. The molecule has 0 saturated carbocycles. The normalized spacial score (nSPS) is 23.4. The number of carbonyl (C=O) groups excluding carboxylic acids is 2. The highest BCUT2D eigenvalue weighted by molar-refractivity contribution is 7.99. The lowest BCUT2D eigenvalue weighted by Gasteiger charge is -2.19. The number of nitrogens with one attached hydrogen (secondary N) is 2. The van der Waals surface area contributed by atoms with E-state index < -0.39 is 0 Å². The van der Waals surface area contributed by atoms with Crippen LogP contribution in [-0.4, -0.2) is 54.0 Å². The monoisotopic (exact) mass is 347 g/mol. The van der Waals surface area contributed by atoms with Crippen molar-refractivity contribution in [1.82, 2.24) is 15.5 Å². The molecule has 0 spiro atoms. The molecule has 2 unspecified atom stereocenters. The number of amides is 2. The lowest BCUT2D eigenvalue weighted by atomic mass is 10.0. The standard InChI is InChI=1S/C18H25N3O2S/c22-17(19-7-6-14-4-2-1-3-5-14)11-15-10-16(20-12-15)18(23)21-8-9-24-13-21/h1-5,15-16,20H,6-13H2,(H,19,22). The van der Waals surface area contributed by atoms with Gasteiger partial charge in [0, 0.05) is 25.3 Å². The van der Waals surface area contributed by atoms with Crippen LogP contribution in [0.25, 0.3) is 0 Å². The Labute approximate surface area is 147 Å². The molecule has 2 saturated heterocycles. The number of rotatable bonds is 6. The summed E-state index contributed by atoms with van der Waals surface area (Å²) >= 11 is 1.80. The maximum atomic E-state index is 12.4. The zero-order valence-corrected chi connectivity index (χ0v) is 14.7. The molecule has 2 aliphatic heterocycles. The molecule has 1 aromatic carbocycles. The van der Waals surface area contributed by atoms with Crippen LogP contribution in [0.4, 0.5) is 0 Å². The predicted octanol–water partition coefficient (Wildman–Crippen LogP) is 1.25. The van der Waals surface area contributed by atoms with Crippen LogP contribution < -0.4 is 10.6 Å². The molecular weight excluding hydrogens is 322 g/mol. The van der Waals surface area contributed by atoms with Crippen LogP contribution in [0.1, 0.15) is 18.4 Å². The Bertz CT molecular complexity index is 561. The maximum Gasteiger partial charge on any atom is 0.240 e. The van der Waals surface area contributed by atoms with Gasteiger partial charge in [0.2, 0.25) is 11.8 Å². The largest absolute Gasteiger partial charge is 0.356 e. The minimum Gasteiger partial charge on any atom is -0.356 e. The fourth-order valence-electron chi connectivity index (χ4n) is 3.29. The third-order valence-electron chi connectivity index (χ3n) is 4.64. The molecule has 2 fully saturated rings. The molecule has 0 bridgehead atoms. The van der Waals surface area contributed by atoms with E-state index in [-0.39, 0.29) is 23.8 Å². The topological polar surface area (TPSA) is 61.4 Å². The van der Waals surface area contributed by atoms with Crippen LogP contribution in [0.3, 0.4) is 0 Å². The fourth-order valence-corrected chi connectivity index (χ4v) is 4.24. The fraction of sp³-hybridized carbons (Fsp3) is 0.556. The van der Waals surface area contributed by atoms with Crippen molar-refractivity contribution in [3.63, 3.8) is 0 Å². The second-order valence-electron chi connectivity index (χ2n) is 6.49. The number of thioether (sulfide) groups is 1. The van der Waals surface area contributed by atoms with E-state index in [1.807, 2.05) is 23.1 Å². The second kappa shape index (κ2) is 8.53. The van der Waals surface area contributed by atoms with Crippen molar-refractivity contribution in [3.05, 3.63) is 35.9 Å². The van der Waals surface area contributed by atoms with Gasteiger partial charge < -0.3 is 15.5 Å². The molecule has 6 heteroatoms. The summed E-state index contributed by atoms with van der Waals surface area (Å²) in [6, 6.07) is 10.0. The second-order valence-corrected chi connectivity index (χ2v) is 7.57. The van der Waals surface area contributed by atoms with E-state index in [1.165, 1.54) is 5.56 Å². The smallest absolute Gasteiger partial charge is 0.240 e. The van der Waals surface area contributed by atoms with E-state index in [0.717, 1.165) is 37.6 Å². The first-order valence-electron chi connectivity index (χ1n) is 8.63. The van der Waals surface area contributed by atoms with Gasteiger partial charge >= 0.3 is 0 Å². The van der Waals surface area contributed by atoms with Crippen molar-refractivity contribution in [3.8, 4) is 0 Å². The molecule has 0 radical (unpaired) electrons. The molecule has 24 heavy (non-hydrogen) atoms. The Kier molecular flexibility index (Phi) is 6.15. The molecule has 5 nitrogen and oxygen atoms in total. The van der Waals surface area contributed by atoms with Crippen molar-refractivity contribution in [1.29, 1.82) is 0 Å². The zero-order chi connectivity index (χ0) is 16.8. The van der Waals surface area contributed by atoms with E-state index in [9.17, 15) is 9.59 Å². The van der Waals surface area contributed by atoms with Gasteiger partial charge in [-0.1, -0.05) is 30.3 Å². The summed E-state index contributed by atoms with van der Waals surface area (Å²) in [5, 5.41) is 6.28. The van der Waals surface area contributed by atoms with Crippen molar-refractivity contribution in [2.45, 2.75) is 25.3 Å². The van der Waals surface area contributed by atoms with Crippen LogP contribution in [0.2, 0.25) is 0 Å². The van der Waals surface area contributed by atoms with Crippen LogP contribution in [0, 0.1) is 5.92 Å². The molecule has 1 aromatic rings. The lowest BCUT2D eigenvalue weighted by molar-refractivity contribution is -0.131. The first-order valence-corrected chi connectivity index (χ1v) is 9.78. The highest BCUT2D eigenvalue weighted by Gasteiger charge is 2.33. The number of nitrogens with zero attached hydrogens (tertiary/aromatic N) is 1. The summed E-state index contributed by atoms with van der Waals surface area (Å²) in [4.78, 5) is 26.4. The number of hydrogen-bond acceptors (Lipinski definition) is 4. The molecule has 2 heterocycles. The van der Waals surface area contributed by atoms with Gasteiger partial charge in [0.05, 0.1) is 11.9 Å². The molecule has 3 rings (SSSR count). The predicted molar refractivity (Wildman–Crippen MR) is 96.7 cm³/mol. The first kappa shape index (κ1) is 17.3. The Morgan fingerprint density at radius 1 is 1.29 bits per heavy atom. The van der Waals surface area contributed by atoms with Crippen molar-refractivity contribution in [2.75, 3.05) is 31.3 Å². The molecule has 2 N–H and O–H groups in total. The van der Waals surface area contributed by atoms with Gasteiger partial charge in [-0.15, -0.1) is 11.8 Å². The van der Waals surface area contributed by atoms with E-state index >= 15 is 0 Å². The van der Waals surface area contributed by atoms with Crippen LogP contribution in [-0.2, 0) is 16.0 Å². The van der Waals surface area contributed by atoms with E-state index in [1.54, 1.807) is 11.8 Å². The first-order chi connectivity index (χ1) is 11.7. The highest BCUT2D eigenvalue weighted by atomic mass is 32.2. The molecule has 2 aliphatic rings. The molecule has 0 aromatic heterocycles. The summed E-state index contributed by atoms with van der Waals surface area (Å²) in [5.74, 6) is 2.38. The van der Waals surface area contributed by atoms with Gasteiger partial charge in [0.15, 0.2) is 0 Å². The lowest BCUT2D eigenvalue weighted by Crippen LogP contribution is -2.42. The summed E-state index contributed by atoms with van der Waals surface area (Å²) in [7, 11) is 0.